The third-order valence-electron chi connectivity index (χ3n) is 5.56. The highest BCUT2D eigenvalue weighted by Crippen LogP contribution is 2.62. The Labute approximate surface area is 103 Å². The topological polar surface area (TPSA) is 0 Å². The summed E-state index contributed by atoms with van der Waals surface area (Å²) >= 11 is 0. The Kier molecular flexibility index (Phi) is 2.87. The maximum absolute atomic E-state index is 2.69. The molecule has 16 heavy (non-hydrogen) atoms. The Morgan fingerprint density at radius 2 is 0.750 bits per heavy atom. The van der Waals surface area contributed by atoms with Gasteiger partial charge in [-0.15, -0.1) is 0 Å². The van der Waals surface area contributed by atoms with Gasteiger partial charge in [0.25, 0.3) is 0 Å². The van der Waals surface area contributed by atoms with Crippen molar-refractivity contribution in [1.82, 2.24) is 0 Å². The van der Waals surface area contributed by atoms with Crippen molar-refractivity contribution in [2.24, 2.45) is 0 Å². The summed E-state index contributed by atoms with van der Waals surface area (Å²) in [6.07, 6.45) is 5.37. The highest BCUT2D eigenvalue weighted by Gasteiger charge is 2.70. The van der Waals surface area contributed by atoms with Gasteiger partial charge in [-0.3, -0.25) is 0 Å². The van der Waals surface area contributed by atoms with E-state index < -0.39 is 15.2 Å². The van der Waals surface area contributed by atoms with Crippen molar-refractivity contribution in [3.8, 4) is 0 Å². The van der Waals surface area contributed by atoms with E-state index in [2.05, 4.69) is 40.8 Å². The van der Waals surface area contributed by atoms with Crippen LogP contribution in [0.4, 0.5) is 0 Å². The number of hydrogen-bond acceptors (Lipinski definition) is 0. The molecule has 2 aliphatic rings. The molecule has 0 radical (unpaired) electrons. The van der Waals surface area contributed by atoms with Crippen LogP contribution in [-0.4, -0.2) is 15.2 Å². The summed E-state index contributed by atoms with van der Waals surface area (Å²) in [5, 5.41) is 7.83. The van der Waals surface area contributed by atoms with E-state index in [4.69, 9.17) is 0 Å². The summed E-state index contributed by atoms with van der Waals surface area (Å²) in [4.78, 5) is 0. The van der Waals surface area contributed by atoms with Gasteiger partial charge in [0, 0.05) is 0 Å². The smallest absolute Gasteiger partial charge is 0.0824 e. The molecular formula is C14H26Si2. The predicted octanol–water partition coefficient (Wildman–Crippen LogP) is 4.64. The van der Waals surface area contributed by atoms with Gasteiger partial charge < -0.3 is 0 Å². The first kappa shape index (κ1) is 12.4. The molecule has 0 amide bonds. The van der Waals surface area contributed by atoms with Crippen molar-refractivity contribution in [3.05, 3.63) is 20.8 Å². The lowest BCUT2D eigenvalue weighted by Gasteiger charge is -2.67. The van der Waals surface area contributed by atoms with Gasteiger partial charge in [-0.2, -0.15) is 0 Å². The van der Waals surface area contributed by atoms with Gasteiger partial charge in [0.15, 0.2) is 0 Å². The summed E-state index contributed by atoms with van der Waals surface area (Å²) in [6.45, 7) is 14.9. The van der Waals surface area contributed by atoms with E-state index in [0.717, 1.165) is 0 Å². The molecule has 0 spiro atoms. The van der Waals surface area contributed by atoms with Crippen LogP contribution >= 0.6 is 0 Å². The Balaban J connectivity index is 2.52. The van der Waals surface area contributed by atoms with Gasteiger partial charge in [0.05, 0.1) is 0 Å². The van der Waals surface area contributed by atoms with E-state index >= 15 is 0 Å². The Hall–Kier alpha value is -0.0862. The quantitative estimate of drug-likeness (QED) is 0.638. The van der Waals surface area contributed by atoms with Crippen LogP contribution in [0, 0.1) is 0 Å². The molecule has 0 aromatic heterocycles. The molecule has 0 saturated heterocycles. The van der Waals surface area contributed by atoms with Crippen LogP contribution in [0.1, 0.15) is 53.4 Å². The van der Waals surface area contributed by atoms with Gasteiger partial charge in [0.2, 0.25) is 0 Å². The van der Waals surface area contributed by atoms with E-state index in [1.165, 1.54) is 25.7 Å². The van der Waals surface area contributed by atoms with E-state index in [1.54, 1.807) is 0 Å². The molecular weight excluding hydrogens is 224 g/mol. The molecule has 2 heterocycles. The maximum Gasteiger partial charge on any atom is 0.106 e. The van der Waals surface area contributed by atoms with Crippen molar-refractivity contribution >= 4 is 15.2 Å². The number of allylic oxidation sites excluding steroid dienone is 4. The number of fused-ring (bicyclic) bond motifs is 1. The monoisotopic (exact) mass is 250 g/mol. The van der Waals surface area contributed by atoms with Crippen LogP contribution in [0.3, 0.4) is 0 Å². The van der Waals surface area contributed by atoms with Crippen LogP contribution < -0.4 is 0 Å². The van der Waals surface area contributed by atoms with E-state index in [-0.39, 0.29) is 0 Å². The molecule has 2 rings (SSSR count). The standard InChI is InChI=1S/C14H26Si2/c1-7-11-12(8-2)16(6)14(10-4)13(9-3)15(11,16)5/h7-10H2,1-6H3. The van der Waals surface area contributed by atoms with E-state index in [0.29, 0.717) is 0 Å². The van der Waals surface area contributed by atoms with Crippen LogP contribution in [0.5, 0.6) is 0 Å². The minimum absolute atomic E-state index is 1.03. The zero-order valence-electron chi connectivity index (χ0n) is 11.8. The minimum Gasteiger partial charge on any atom is -0.0824 e. The second-order valence-electron chi connectivity index (χ2n) is 5.58. The Bertz CT molecular complexity index is 322. The second kappa shape index (κ2) is 3.71. The fourth-order valence-electron chi connectivity index (χ4n) is 4.92. The van der Waals surface area contributed by atoms with Crippen molar-refractivity contribution in [1.29, 1.82) is 0 Å². The molecule has 0 fully saturated rings. The third-order valence-corrected chi connectivity index (χ3v) is 25.1. The highest BCUT2D eigenvalue weighted by molar-refractivity contribution is 7.59. The van der Waals surface area contributed by atoms with Crippen molar-refractivity contribution in [3.63, 3.8) is 0 Å². The largest absolute Gasteiger partial charge is 0.106 e. The average Bonchev–Trinajstić information content (AvgIpc) is 2.30. The number of hydrogen-bond donors (Lipinski definition) is 0. The molecule has 0 bridgehead atoms. The molecule has 90 valence electrons. The molecule has 2 aliphatic heterocycles. The van der Waals surface area contributed by atoms with Crippen LogP contribution in [0.15, 0.2) is 20.8 Å². The Morgan fingerprint density at radius 3 is 0.875 bits per heavy atom. The molecule has 2 heteroatoms. The molecule has 0 unspecified atom stereocenters. The summed E-state index contributed by atoms with van der Waals surface area (Å²) in [7, 11) is -2.05. The molecule has 0 nitrogen and oxygen atoms in total. The van der Waals surface area contributed by atoms with Gasteiger partial charge >= 0.3 is 0 Å². The first-order valence-electron chi connectivity index (χ1n) is 6.99. The maximum atomic E-state index is 2.69. The van der Waals surface area contributed by atoms with Crippen LogP contribution in [0.2, 0.25) is 13.1 Å². The SMILES string of the molecule is CCC1=C(CC)[Si]2(C)C(CC)=C(CC)[Si]12C. The van der Waals surface area contributed by atoms with Crippen LogP contribution in [-0.2, 0) is 0 Å². The lowest BCUT2D eigenvalue weighted by molar-refractivity contribution is 0.995. The first-order chi connectivity index (χ1) is 7.53. The minimum atomic E-state index is -1.03. The Morgan fingerprint density at radius 1 is 0.562 bits per heavy atom. The van der Waals surface area contributed by atoms with Crippen molar-refractivity contribution < 1.29 is 0 Å². The predicted molar refractivity (Wildman–Crippen MR) is 78.5 cm³/mol. The molecule has 0 saturated carbocycles. The van der Waals surface area contributed by atoms with E-state index in [9.17, 15) is 0 Å². The molecule has 0 aromatic rings. The molecule has 0 N–H and O–H groups in total. The van der Waals surface area contributed by atoms with E-state index in [1.807, 2.05) is 20.8 Å². The zero-order valence-corrected chi connectivity index (χ0v) is 13.8. The molecule has 0 aliphatic carbocycles. The summed E-state index contributed by atoms with van der Waals surface area (Å²) in [5.74, 6) is 0. The summed E-state index contributed by atoms with van der Waals surface area (Å²) in [6, 6.07) is 0. The first-order valence-corrected chi connectivity index (χ1v) is 13.0. The molecule has 0 aromatic carbocycles. The number of rotatable bonds is 4. The van der Waals surface area contributed by atoms with Crippen LogP contribution in [0.25, 0.3) is 0 Å². The van der Waals surface area contributed by atoms with Crippen molar-refractivity contribution in [2.75, 3.05) is 0 Å². The van der Waals surface area contributed by atoms with Gasteiger partial charge in [-0.1, -0.05) is 61.6 Å². The fraction of sp³-hybridized carbons (Fsp3) is 0.714. The fourth-order valence-corrected chi connectivity index (χ4v) is 26.4. The van der Waals surface area contributed by atoms with Gasteiger partial charge in [-0.25, -0.2) is 0 Å². The second-order valence-corrected chi connectivity index (χ2v) is 18.5. The lowest BCUT2D eigenvalue weighted by Crippen LogP contribution is -2.79. The van der Waals surface area contributed by atoms with Crippen molar-refractivity contribution in [2.45, 2.75) is 66.5 Å². The highest BCUT2D eigenvalue weighted by atomic mass is 29.3. The van der Waals surface area contributed by atoms with Gasteiger partial charge in [0.1, 0.15) is 15.2 Å². The summed E-state index contributed by atoms with van der Waals surface area (Å²) in [5.41, 5.74) is 0. The average molecular weight is 251 g/mol. The third kappa shape index (κ3) is 0.970. The normalized spacial score (nSPS) is 37.1. The zero-order chi connectivity index (χ0) is 12.1. The lowest BCUT2D eigenvalue weighted by atomic mass is 10.3. The van der Waals surface area contributed by atoms with Gasteiger partial charge in [-0.05, 0) is 25.7 Å². The summed E-state index contributed by atoms with van der Waals surface area (Å²) < 4.78 is 0. The molecule has 0 atom stereocenters.